The average molecular weight is 625 g/mol. The molecule has 0 atom stereocenters. The fourth-order valence-electron chi connectivity index (χ4n) is 5.20. The summed E-state index contributed by atoms with van der Waals surface area (Å²) < 4.78 is 17.1. The third kappa shape index (κ3) is 6.98. The van der Waals surface area contributed by atoms with Crippen molar-refractivity contribution in [1.82, 2.24) is 19.4 Å². The van der Waals surface area contributed by atoms with E-state index in [2.05, 4.69) is 36.4 Å². The number of rotatable bonds is 6. The molecule has 1 aliphatic heterocycles. The number of anilines is 3. The van der Waals surface area contributed by atoms with E-state index in [4.69, 9.17) is 0 Å². The monoisotopic (exact) mass is 624 g/mol. The van der Waals surface area contributed by atoms with Gasteiger partial charge in [0.15, 0.2) is 11.6 Å². The molecular weight excluding hydrogens is 587 g/mol. The van der Waals surface area contributed by atoms with Crippen LogP contribution in [0.2, 0.25) is 0 Å². The van der Waals surface area contributed by atoms with Crippen LogP contribution in [0.1, 0.15) is 54.0 Å². The minimum Gasteiger partial charge on any atom is -0.339 e. The molecule has 0 radical (unpaired) electrons. The van der Waals surface area contributed by atoms with Gasteiger partial charge in [-0.1, -0.05) is 39.0 Å². The second kappa shape index (κ2) is 13.0. The number of amides is 3. The van der Waals surface area contributed by atoms with Gasteiger partial charge in [-0.2, -0.15) is 0 Å². The van der Waals surface area contributed by atoms with E-state index in [9.17, 15) is 19.2 Å². The normalized spacial score (nSPS) is 13.3. The van der Waals surface area contributed by atoms with E-state index in [-0.39, 0.29) is 40.0 Å². The number of carbonyl (C=O) groups is 3. The SMILES string of the molecule is CC(=O)N1CCN(C(=O)c2ccc(Nc3nc(-c4cccc(NC(=O)c5ccc(C(C)(C)C)cc5)c4F)cn(C)c3=O)cc2)CC1. The van der Waals surface area contributed by atoms with Crippen molar-refractivity contribution in [3.05, 3.63) is 106 Å². The van der Waals surface area contributed by atoms with Crippen LogP contribution < -0.4 is 16.2 Å². The van der Waals surface area contributed by atoms with E-state index in [0.29, 0.717) is 43.0 Å². The standard InChI is InChI=1S/C35H37FN6O4/c1-22(43)41-17-19-42(20-18-41)33(45)24-11-15-26(16-12-24)37-31-34(46)40(5)21-29(38-31)27-7-6-8-28(30(27)36)39-32(44)23-9-13-25(14-10-23)35(2,3)4/h6-16,21H,17-20H2,1-5H3,(H,37,38)(H,39,44). The highest BCUT2D eigenvalue weighted by molar-refractivity contribution is 6.04. The maximum Gasteiger partial charge on any atom is 0.293 e. The Morgan fingerprint density at radius 3 is 2.07 bits per heavy atom. The maximum absolute atomic E-state index is 15.8. The lowest BCUT2D eigenvalue weighted by Gasteiger charge is -2.34. The number of nitrogens with zero attached hydrogens (tertiary/aromatic N) is 4. The minimum atomic E-state index is -0.689. The highest BCUT2D eigenvalue weighted by Crippen LogP contribution is 2.28. The van der Waals surface area contributed by atoms with Crippen LogP contribution in [-0.4, -0.2) is 63.3 Å². The van der Waals surface area contributed by atoms with E-state index >= 15 is 4.39 Å². The van der Waals surface area contributed by atoms with Crippen LogP contribution >= 0.6 is 0 Å². The predicted octanol–water partition coefficient (Wildman–Crippen LogP) is 5.18. The van der Waals surface area contributed by atoms with Crippen molar-refractivity contribution in [2.24, 2.45) is 7.05 Å². The van der Waals surface area contributed by atoms with Gasteiger partial charge in [0.1, 0.15) is 0 Å². The van der Waals surface area contributed by atoms with E-state index in [1.165, 1.54) is 36.9 Å². The molecule has 1 aromatic heterocycles. The summed E-state index contributed by atoms with van der Waals surface area (Å²) in [5.41, 5.74) is 2.23. The van der Waals surface area contributed by atoms with Crippen molar-refractivity contribution >= 4 is 34.9 Å². The quantitative estimate of drug-likeness (QED) is 0.305. The number of halogens is 1. The van der Waals surface area contributed by atoms with Gasteiger partial charge in [0.25, 0.3) is 17.4 Å². The maximum atomic E-state index is 15.8. The molecule has 3 aromatic carbocycles. The minimum absolute atomic E-state index is 0.00801. The number of hydrogen-bond donors (Lipinski definition) is 2. The molecule has 0 unspecified atom stereocenters. The van der Waals surface area contributed by atoms with Gasteiger partial charge >= 0.3 is 0 Å². The molecule has 238 valence electrons. The molecule has 4 aromatic rings. The molecule has 2 N–H and O–H groups in total. The first kappa shape index (κ1) is 32.1. The van der Waals surface area contributed by atoms with E-state index < -0.39 is 17.3 Å². The molecule has 11 heteroatoms. The van der Waals surface area contributed by atoms with Crippen molar-refractivity contribution in [2.45, 2.75) is 33.1 Å². The summed E-state index contributed by atoms with van der Waals surface area (Å²) in [6.07, 6.45) is 1.43. The van der Waals surface area contributed by atoms with E-state index in [0.717, 1.165) is 5.56 Å². The summed E-state index contributed by atoms with van der Waals surface area (Å²) >= 11 is 0. The number of aryl methyl sites for hydroxylation is 1. The molecule has 5 rings (SSSR count). The summed E-state index contributed by atoms with van der Waals surface area (Å²) in [5, 5.41) is 5.63. The summed E-state index contributed by atoms with van der Waals surface area (Å²) in [4.78, 5) is 58.3. The Balaban J connectivity index is 1.32. The molecule has 0 saturated carbocycles. The molecule has 0 bridgehead atoms. The van der Waals surface area contributed by atoms with Gasteiger partial charge in [-0.25, -0.2) is 9.37 Å². The Kier molecular flexibility index (Phi) is 9.04. The number of aromatic nitrogens is 2. The van der Waals surface area contributed by atoms with Crippen LogP contribution in [0.3, 0.4) is 0 Å². The Morgan fingerprint density at radius 2 is 1.46 bits per heavy atom. The molecule has 1 saturated heterocycles. The zero-order valence-corrected chi connectivity index (χ0v) is 26.6. The lowest BCUT2D eigenvalue weighted by Crippen LogP contribution is -2.50. The van der Waals surface area contributed by atoms with Gasteiger partial charge in [0.05, 0.1) is 11.4 Å². The number of piperazine rings is 1. The first-order valence-corrected chi connectivity index (χ1v) is 15.0. The number of nitrogens with one attached hydrogen (secondary N) is 2. The molecule has 0 aliphatic carbocycles. The van der Waals surface area contributed by atoms with Crippen LogP contribution in [0.25, 0.3) is 11.3 Å². The lowest BCUT2D eigenvalue weighted by molar-refractivity contribution is -0.130. The zero-order valence-electron chi connectivity index (χ0n) is 26.6. The van der Waals surface area contributed by atoms with Crippen molar-refractivity contribution in [3.8, 4) is 11.3 Å². The smallest absolute Gasteiger partial charge is 0.293 e. The van der Waals surface area contributed by atoms with Crippen LogP contribution in [0.4, 0.5) is 21.6 Å². The van der Waals surface area contributed by atoms with Gasteiger partial charge in [0, 0.05) is 68.7 Å². The summed E-state index contributed by atoms with van der Waals surface area (Å²) in [7, 11) is 1.54. The zero-order chi connectivity index (χ0) is 33.2. The van der Waals surface area contributed by atoms with Crippen molar-refractivity contribution in [2.75, 3.05) is 36.8 Å². The molecular formula is C35H37FN6O4. The summed E-state index contributed by atoms with van der Waals surface area (Å²) in [6, 6.07) is 18.4. The van der Waals surface area contributed by atoms with E-state index in [1.54, 1.807) is 52.3 Å². The highest BCUT2D eigenvalue weighted by Gasteiger charge is 2.23. The summed E-state index contributed by atoms with van der Waals surface area (Å²) in [6.45, 7) is 9.66. The van der Waals surface area contributed by atoms with Crippen molar-refractivity contribution in [3.63, 3.8) is 0 Å². The number of carbonyl (C=O) groups excluding carboxylic acids is 3. The van der Waals surface area contributed by atoms with Gasteiger partial charge < -0.3 is 25.0 Å². The molecule has 2 heterocycles. The third-order valence-electron chi connectivity index (χ3n) is 8.01. The molecule has 0 spiro atoms. The lowest BCUT2D eigenvalue weighted by atomic mass is 9.87. The van der Waals surface area contributed by atoms with Crippen LogP contribution in [0, 0.1) is 5.82 Å². The van der Waals surface area contributed by atoms with E-state index in [1.807, 2.05) is 12.1 Å². The second-order valence-electron chi connectivity index (χ2n) is 12.3. The first-order chi connectivity index (χ1) is 21.8. The third-order valence-corrected chi connectivity index (χ3v) is 8.01. The molecule has 46 heavy (non-hydrogen) atoms. The first-order valence-electron chi connectivity index (χ1n) is 15.0. The van der Waals surface area contributed by atoms with Crippen LogP contribution in [0.15, 0.2) is 77.7 Å². The number of benzene rings is 3. The Labute approximate surface area is 266 Å². The average Bonchev–Trinajstić information content (AvgIpc) is 3.04. The highest BCUT2D eigenvalue weighted by atomic mass is 19.1. The van der Waals surface area contributed by atoms with Crippen LogP contribution in [-0.2, 0) is 17.3 Å². The fraction of sp³-hybridized carbons (Fsp3) is 0.286. The van der Waals surface area contributed by atoms with Gasteiger partial charge in [-0.05, 0) is 59.5 Å². The van der Waals surface area contributed by atoms with Gasteiger partial charge in [-0.15, -0.1) is 0 Å². The van der Waals surface area contributed by atoms with Gasteiger partial charge in [-0.3, -0.25) is 19.2 Å². The Hall–Kier alpha value is -5.32. The Morgan fingerprint density at radius 1 is 0.848 bits per heavy atom. The van der Waals surface area contributed by atoms with Crippen LogP contribution in [0.5, 0.6) is 0 Å². The largest absolute Gasteiger partial charge is 0.339 e. The predicted molar refractivity (Wildman–Crippen MR) is 176 cm³/mol. The Bertz CT molecular complexity index is 1840. The van der Waals surface area contributed by atoms with Crippen molar-refractivity contribution < 1.29 is 18.8 Å². The fourth-order valence-corrected chi connectivity index (χ4v) is 5.20. The molecule has 10 nitrogen and oxygen atoms in total. The molecule has 3 amide bonds. The topological polar surface area (TPSA) is 117 Å². The van der Waals surface area contributed by atoms with Gasteiger partial charge in [0.2, 0.25) is 5.91 Å². The van der Waals surface area contributed by atoms with Crippen molar-refractivity contribution in [1.29, 1.82) is 0 Å². The number of hydrogen-bond acceptors (Lipinski definition) is 6. The summed E-state index contributed by atoms with van der Waals surface area (Å²) in [5.74, 6) is -1.33. The molecule has 1 aliphatic rings. The second-order valence-corrected chi connectivity index (χ2v) is 12.3. The molecule has 1 fully saturated rings.